The highest BCUT2D eigenvalue weighted by Gasteiger charge is 2.43. The second-order valence-corrected chi connectivity index (χ2v) is 8.85. The minimum atomic E-state index is -0.474. The van der Waals surface area contributed by atoms with Crippen molar-refractivity contribution in [1.29, 1.82) is 0 Å². The van der Waals surface area contributed by atoms with E-state index in [4.69, 9.17) is 21.1 Å². The molecule has 0 saturated heterocycles. The van der Waals surface area contributed by atoms with E-state index in [1.165, 1.54) is 14.2 Å². The molecule has 3 aliphatic rings. The fraction of sp³-hybridized carbons (Fsp3) is 0.480. The molecule has 8 heteroatoms. The van der Waals surface area contributed by atoms with Gasteiger partial charge in [-0.3, -0.25) is 14.4 Å². The monoisotopic (exact) mass is 472 g/mol. The number of likely N-dealkylation sites (N-methyl/N-ethyl adjacent to an activating group) is 1. The van der Waals surface area contributed by atoms with E-state index in [0.29, 0.717) is 29.7 Å². The van der Waals surface area contributed by atoms with Crippen molar-refractivity contribution in [1.82, 2.24) is 10.2 Å². The van der Waals surface area contributed by atoms with E-state index in [-0.39, 0.29) is 34.9 Å². The van der Waals surface area contributed by atoms with Gasteiger partial charge in [0, 0.05) is 54.9 Å². The highest BCUT2D eigenvalue weighted by Crippen LogP contribution is 2.51. The number of ether oxygens (including phenoxy) is 2. The zero-order valence-corrected chi connectivity index (χ0v) is 20.0. The molecule has 0 fully saturated rings. The SMILES string of the molecule is CCN1C2=C(C(=O)CCC2)C(c2cc(Cl)c(OCC(=O)NC)c(OC)c2)C2=C1CCCC2=O. The molecule has 1 aromatic rings. The second-order valence-electron chi connectivity index (χ2n) is 8.45. The summed E-state index contributed by atoms with van der Waals surface area (Å²) in [5.74, 6) is 0.00688. The Bertz CT molecular complexity index is 1030. The van der Waals surface area contributed by atoms with E-state index >= 15 is 0 Å². The molecule has 2 aliphatic carbocycles. The van der Waals surface area contributed by atoms with Crippen molar-refractivity contribution in [2.75, 3.05) is 27.3 Å². The largest absolute Gasteiger partial charge is 0.493 e. The number of methoxy groups -OCH3 is 1. The maximum Gasteiger partial charge on any atom is 0.257 e. The number of carbonyl (C=O) groups is 3. The Morgan fingerprint density at radius 3 is 2.21 bits per heavy atom. The van der Waals surface area contributed by atoms with Gasteiger partial charge in [0.2, 0.25) is 0 Å². The third-order valence-electron chi connectivity index (χ3n) is 6.61. The Labute approximate surface area is 198 Å². The minimum Gasteiger partial charge on any atom is -0.493 e. The fourth-order valence-electron chi connectivity index (χ4n) is 5.19. The normalized spacial score (nSPS) is 18.8. The van der Waals surface area contributed by atoms with Gasteiger partial charge in [-0.25, -0.2) is 0 Å². The van der Waals surface area contributed by atoms with Gasteiger partial charge < -0.3 is 19.7 Å². The smallest absolute Gasteiger partial charge is 0.257 e. The lowest BCUT2D eigenvalue weighted by molar-refractivity contribution is -0.122. The van der Waals surface area contributed by atoms with E-state index in [2.05, 4.69) is 17.1 Å². The first kappa shape index (κ1) is 23.4. The van der Waals surface area contributed by atoms with E-state index in [1.54, 1.807) is 12.1 Å². The Morgan fingerprint density at radius 1 is 1.09 bits per heavy atom. The summed E-state index contributed by atoms with van der Waals surface area (Å²) >= 11 is 6.59. The van der Waals surface area contributed by atoms with Crippen LogP contribution < -0.4 is 14.8 Å². The summed E-state index contributed by atoms with van der Waals surface area (Å²) in [4.78, 5) is 40.3. The zero-order chi connectivity index (χ0) is 23.7. The lowest BCUT2D eigenvalue weighted by atomic mass is 9.71. The topological polar surface area (TPSA) is 84.9 Å². The van der Waals surface area contributed by atoms with Crippen molar-refractivity contribution in [3.05, 3.63) is 45.3 Å². The molecule has 1 aromatic carbocycles. The molecular weight excluding hydrogens is 444 g/mol. The first-order valence-electron chi connectivity index (χ1n) is 11.4. The van der Waals surface area contributed by atoms with Gasteiger partial charge in [0.05, 0.1) is 12.1 Å². The number of nitrogens with zero attached hydrogens (tertiary/aromatic N) is 1. The molecule has 0 spiro atoms. The molecule has 176 valence electrons. The zero-order valence-electron chi connectivity index (χ0n) is 19.3. The van der Waals surface area contributed by atoms with Crippen molar-refractivity contribution < 1.29 is 23.9 Å². The second kappa shape index (κ2) is 9.59. The molecule has 0 atom stereocenters. The summed E-state index contributed by atoms with van der Waals surface area (Å²) in [6, 6.07) is 3.50. The van der Waals surface area contributed by atoms with Crippen molar-refractivity contribution in [3.63, 3.8) is 0 Å². The van der Waals surface area contributed by atoms with E-state index in [9.17, 15) is 14.4 Å². The predicted octanol–water partition coefficient (Wildman–Crippen LogP) is 3.91. The van der Waals surface area contributed by atoms with Gasteiger partial charge in [-0.15, -0.1) is 0 Å². The van der Waals surface area contributed by atoms with Gasteiger partial charge in [0.15, 0.2) is 29.7 Å². The number of amides is 1. The maximum atomic E-state index is 13.2. The third-order valence-corrected chi connectivity index (χ3v) is 6.89. The number of hydrogen-bond acceptors (Lipinski definition) is 6. The van der Waals surface area contributed by atoms with Gasteiger partial charge in [-0.1, -0.05) is 11.6 Å². The van der Waals surface area contributed by atoms with Crippen LogP contribution in [0.25, 0.3) is 0 Å². The average Bonchev–Trinajstić information content (AvgIpc) is 2.81. The molecule has 0 saturated carbocycles. The highest BCUT2D eigenvalue weighted by atomic mass is 35.5. The summed E-state index contributed by atoms with van der Waals surface area (Å²) in [6.07, 6.45) is 4.20. The number of nitrogens with one attached hydrogen (secondary N) is 1. The fourth-order valence-corrected chi connectivity index (χ4v) is 5.46. The van der Waals surface area contributed by atoms with Gasteiger partial charge in [0.1, 0.15) is 0 Å². The molecule has 7 nitrogen and oxygen atoms in total. The third kappa shape index (κ3) is 4.14. The molecule has 1 heterocycles. The predicted molar refractivity (Wildman–Crippen MR) is 124 cm³/mol. The van der Waals surface area contributed by atoms with E-state index in [1.807, 2.05) is 0 Å². The molecule has 1 amide bonds. The van der Waals surface area contributed by atoms with Gasteiger partial charge >= 0.3 is 0 Å². The molecule has 4 rings (SSSR count). The van der Waals surface area contributed by atoms with Crippen LogP contribution in [0.5, 0.6) is 11.5 Å². The van der Waals surface area contributed by atoms with Crippen LogP contribution in [-0.2, 0) is 14.4 Å². The summed E-state index contributed by atoms with van der Waals surface area (Å²) in [5.41, 5.74) is 4.19. The summed E-state index contributed by atoms with van der Waals surface area (Å²) in [6.45, 7) is 2.58. The summed E-state index contributed by atoms with van der Waals surface area (Å²) < 4.78 is 11.1. The number of halogens is 1. The van der Waals surface area contributed by atoms with Crippen LogP contribution in [0.15, 0.2) is 34.7 Å². The maximum absolute atomic E-state index is 13.2. The van der Waals surface area contributed by atoms with Crippen LogP contribution in [0, 0.1) is 0 Å². The molecule has 0 aromatic heterocycles. The number of rotatable bonds is 6. The summed E-state index contributed by atoms with van der Waals surface area (Å²) in [5, 5.41) is 2.76. The Balaban J connectivity index is 1.87. The van der Waals surface area contributed by atoms with Crippen LogP contribution in [0.3, 0.4) is 0 Å². The van der Waals surface area contributed by atoms with Gasteiger partial charge in [-0.2, -0.15) is 0 Å². The lowest BCUT2D eigenvalue weighted by Gasteiger charge is -2.43. The molecule has 0 unspecified atom stereocenters. The number of carbonyl (C=O) groups excluding carboxylic acids is 3. The number of Topliss-reactive ketones (excluding diaryl/α,β-unsaturated/α-hetero) is 2. The Kier molecular flexibility index (Phi) is 6.79. The molecule has 1 N–H and O–H groups in total. The minimum absolute atomic E-state index is 0.0830. The molecule has 0 bridgehead atoms. The van der Waals surface area contributed by atoms with Crippen molar-refractivity contribution in [3.8, 4) is 11.5 Å². The first-order valence-corrected chi connectivity index (χ1v) is 11.8. The van der Waals surface area contributed by atoms with Crippen molar-refractivity contribution in [2.24, 2.45) is 0 Å². The van der Waals surface area contributed by atoms with Gasteiger partial charge in [-0.05, 0) is 50.3 Å². The van der Waals surface area contributed by atoms with Crippen LogP contribution >= 0.6 is 11.6 Å². The number of benzene rings is 1. The Hall–Kier alpha value is -2.80. The molecule has 0 radical (unpaired) electrons. The standard InChI is InChI=1S/C25H29ClN2O5/c1-4-28-16-7-5-9-18(29)23(16)22(24-17(28)8-6-10-19(24)30)14-11-15(26)25(20(12-14)32-3)33-13-21(31)27-2/h11-12,22H,4-10,13H2,1-3H3,(H,27,31). The van der Waals surface area contributed by atoms with Crippen molar-refractivity contribution >= 4 is 29.1 Å². The van der Waals surface area contributed by atoms with Crippen molar-refractivity contribution in [2.45, 2.75) is 51.4 Å². The molecular formula is C25H29ClN2O5. The van der Waals surface area contributed by atoms with E-state index < -0.39 is 5.92 Å². The van der Waals surface area contributed by atoms with Gasteiger partial charge in [0.25, 0.3) is 5.91 Å². The average molecular weight is 473 g/mol. The Morgan fingerprint density at radius 2 is 1.70 bits per heavy atom. The quantitative estimate of drug-likeness (QED) is 0.675. The van der Waals surface area contributed by atoms with Crippen LogP contribution in [-0.4, -0.2) is 49.7 Å². The lowest BCUT2D eigenvalue weighted by Crippen LogP contribution is -2.39. The molecule has 1 aliphatic heterocycles. The number of hydrogen-bond donors (Lipinski definition) is 1. The number of allylic oxidation sites excluding steroid dienone is 4. The number of ketones is 2. The first-order chi connectivity index (χ1) is 15.9. The van der Waals surface area contributed by atoms with E-state index in [0.717, 1.165) is 49.2 Å². The van der Waals surface area contributed by atoms with Crippen LogP contribution in [0.4, 0.5) is 0 Å². The van der Waals surface area contributed by atoms with Crippen LogP contribution in [0.1, 0.15) is 56.9 Å². The summed E-state index contributed by atoms with van der Waals surface area (Å²) in [7, 11) is 3.02. The highest BCUT2D eigenvalue weighted by molar-refractivity contribution is 6.32. The molecule has 33 heavy (non-hydrogen) atoms. The van der Waals surface area contributed by atoms with Crippen LogP contribution in [0.2, 0.25) is 5.02 Å².